The van der Waals surface area contributed by atoms with E-state index in [1.807, 2.05) is 26.0 Å². The largest absolute Gasteiger partial charge is 0.376 e. The lowest BCUT2D eigenvalue weighted by molar-refractivity contribution is -0.117. The van der Waals surface area contributed by atoms with E-state index in [0.29, 0.717) is 6.54 Å². The molecule has 2 heterocycles. The first kappa shape index (κ1) is 19.9. The molecule has 2 aromatic rings. The highest BCUT2D eigenvalue weighted by Gasteiger charge is 2.18. The molecule has 1 fully saturated rings. The number of nitrogens with one attached hydrogen (secondary N) is 1. The predicted octanol–water partition coefficient (Wildman–Crippen LogP) is 3.91. The van der Waals surface area contributed by atoms with E-state index >= 15 is 0 Å². The van der Waals surface area contributed by atoms with Crippen molar-refractivity contribution in [2.24, 2.45) is 0 Å². The van der Waals surface area contributed by atoms with Crippen molar-refractivity contribution < 1.29 is 9.53 Å². The summed E-state index contributed by atoms with van der Waals surface area (Å²) in [6.07, 6.45) is 3.69. The Kier molecular flexibility index (Phi) is 6.01. The summed E-state index contributed by atoms with van der Waals surface area (Å²) in [6.45, 7) is 9.39. The number of rotatable bonds is 5. The van der Waals surface area contributed by atoms with Crippen molar-refractivity contribution in [1.82, 2.24) is 9.88 Å². The summed E-state index contributed by atoms with van der Waals surface area (Å²) in [5.74, 6) is -0.353. The van der Waals surface area contributed by atoms with Gasteiger partial charge < -0.3 is 14.6 Å². The predicted molar refractivity (Wildman–Crippen MR) is 110 cm³/mol. The molecule has 146 valence electrons. The third-order valence-corrected chi connectivity index (χ3v) is 5.11. The Balaban J connectivity index is 1.86. The highest BCUT2D eigenvalue weighted by molar-refractivity contribution is 6.01. The molecule has 1 N–H and O–H groups in total. The fourth-order valence-corrected chi connectivity index (χ4v) is 3.82. The van der Waals surface area contributed by atoms with Crippen molar-refractivity contribution in [3.8, 4) is 11.8 Å². The summed E-state index contributed by atoms with van der Waals surface area (Å²) in [6, 6.07) is 10.5. The van der Waals surface area contributed by atoms with Crippen molar-refractivity contribution in [3.63, 3.8) is 0 Å². The number of carbonyl (C=O) groups excluding carboxylic acids is 1. The van der Waals surface area contributed by atoms with Crippen LogP contribution in [0, 0.1) is 39.0 Å². The molecule has 1 amide bonds. The van der Waals surface area contributed by atoms with E-state index in [2.05, 4.69) is 41.9 Å². The van der Waals surface area contributed by atoms with Crippen molar-refractivity contribution in [2.75, 3.05) is 13.2 Å². The van der Waals surface area contributed by atoms with Crippen LogP contribution in [0.5, 0.6) is 0 Å². The van der Waals surface area contributed by atoms with Crippen LogP contribution < -0.4 is 5.32 Å². The number of aryl methyl sites for hydroxylation is 3. The highest BCUT2D eigenvalue weighted by Crippen LogP contribution is 2.24. The first-order chi connectivity index (χ1) is 13.4. The monoisotopic (exact) mass is 377 g/mol. The minimum atomic E-state index is -0.353. The van der Waals surface area contributed by atoms with E-state index in [9.17, 15) is 10.1 Å². The molecule has 1 aromatic carbocycles. The Hall–Kier alpha value is -2.84. The first-order valence-corrected chi connectivity index (χ1v) is 9.68. The van der Waals surface area contributed by atoms with Gasteiger partial charge in [-0.05, 0) is 81.5 Å². The lowest BCUT2D eigenvalue weighted by atomic mass is 10.1. The number of carbonyl (C=O) groups is 1. The van der Waals surface area contributed by atoms with Crippen LogP contribution in [0.1, 0.15) is 40.9 Å². The third kappa shape index (κ3) is 4.35. The van der Waals surface area contributed by atoms with Gasteiger partial charge in [-0.1, -0.05) is 6.07 Å². The molecule has 0 saturated carbocycles. The summed E-state index contributed by atoms with van der Waals surface area (Å²) >= 11 is 0. The average molecular weight is 377 g/mol. The Morgan fingerprint density at radius 3 is 2.57 bits per heavy atom. The topological polar surface area (TPSA) is 67.0 Å². The second-order valence-electron chi connectivity index (χ2n) is 7.52. The zero-order valence-electron chi connectivity index (χ0n) is 17.0. The van der Waals surface area contributed by atoms with Crippen molar-refractivity contribution in [1.29, 1.82) is 5.26 Å². The van der Waals surface area contributed by atoms with E-state index in [0.717, 1.165) is 42.1 Å². The van der Waals surface area contributed by atoms with Crippen molar-refractivity contribution in [3.05, 3.63) is 57.9 Å². The van der Waals surface area contributed by atoms with Gasteiger partial charge in [0.25, 0.3) is 5.91 Å². The van der Waals surface area contributed by atoms with Crippen LogP contribution in [-0.4, -0.2) is 29.7 Å². The van der Waals surface area contributed by atoms with E-state index in [-0.39, 0.29) is 17.6 Å². The maximum absolute atomic E-state index is 12.4. The van der Waals surface area contributed by atoms with Crippen molar-refractivity contribution in [2.45, 2.75) is 46.6 Å². The van der Waals surface area contributed by atoms with E-state index in [1.54, 1.807) is 6.08 Å². The Labute approximate surface area is 166 Å². The van der Waals surface area contributed by atoms with Crippen LogP contribution in [0.2, 0.25) is 0 Å². The van der Waals surface area contributed by atoms with Crippen molar-refractivity contribution >= 4 is 12.0 Å². The number of nitriles is 1. The molecule has 5 heteroatoms. The molecule has 28 heavy (non-hydrogen) atoms. The fourth-order valence-electron chi connectivity index (χ4n) is 3.82. The molecule has 0 radical (unpaired) electrons. The number of nitrogens with zero attached hydrogens (tertiary/aromatic N) is 2. The normalized spacial score (nSPS) is 16.8. The number of amides is 1. The molecule has 5 nitrogen and oxygen atoms in total. The van der Waals surface area contributed by atoms with Gasteiger partial charge in [0.15, 0.2) is 0 Å². The number of hydrogen-bond donors (Lipinski definition) is 1. The van der Waals surface area contributed by atoms with Gasteiger partial charge in [0, 0.05) is 30.2 Å². The maximum Gasteiger partial charge on any atom is 0.262 e. The van der Waals surface area contributed by atoms with Gasteiger partial charge in [-0.15, -0.1) is 0 Å². The Bertz CT molecular complexity index is 937. The summed E-state index contributed by atoms with van der Waals surface area (Å²) in [5.41, 5.74) is 6.54. The third-order valence-electron chi connectivity index (χ3n) is 5.11. The van der Waals surface area contributed by atoms with Gasteiger partial charge in [-0.25, -0.2) is 0 Å². The molecule has 1 atom stereocenters. The quantitative estimate of drug-likeness (QED) is 0.634. The number of hydrogen-bond acceptors (Lipinski definition) is 3. The maximum atomic E-state index is 12.4. The Morgan fingerprint density at radius 1 is 1.25 bits per heavy atom. The summed E-state index contributed by atoms with van der Waals surface area (Å²) < 4.78 is 7.68. The van der Waals surface area contributed by atoms with Gasteiger partial charge >= 0.3 is 0 Å². The molecule has 1 saturated heterocycles. The molecule has 1 aromatic heterocycles. The first-order valence-electron chi connectivity index (χ1n) is 9.68. The minimum Gasteiger partial charge on any atom is -0.376 e. The second-order valence-corrected chi connectivity index (χ2v) is 7.52. The smallest absolute Gasteiger partial charge is 0.262 e. The zero-order valence-corrected chi connectivity index (χ0v) is 17.0. The minimum absolute atomic E-state index is 0.0542. The number of benzene rings is 1. The second kappa shape index (κ2) is 8.45. The van der Waals surface area contributed by atoms with Crippen LogP contribution in [-0.2, 0) is 9.53 Å². The van der Waals surface area contributed by atoms with E-state index < -0.39 is 0 Å². The van der Waals surface area contributed by atoms with Gasteiger partial charge in [0.2, 0.25) is 0 Å². The van der Waals surface area contributed by atoms with Crippen LogP contribution in [0.25, 0.3) is 11.8 Å². The van der Waals surface area contributed by atoms with Gasteiger partial charge in [-0.3, -0.25) is 4.79 Å². The SMILES string of the molecule is Cc1cc(C)cc(-n2c(C)cc(/C=C(\C#N)C(=O)NC[C@@H]3CCCO3)c2C)c1. The number of ether oxygens (including phenoxy) is 1. The highest BCUT2D eigenvalue weighted by atomic mass is 16.5. The molecule has 0 unspecified atom stereocenters. The summed E-state index contributed by atoms with van der Waals surface area (Å²) in [5, 5.41) is 12.3. The molecule has 0 aliphatic carbocycles. The summed E-state index contributed by atoms with van der Waals surface area (Å²) in [7, 11) is 0. The van der Waals surface area contributed by atoms with E-state index in [4.69, 9.17) is 4.74 Å². The molecule has 0 bridgehead atoms. The van der Waals surface area contributed by atoms with Gasteiger partial charge in [0.1, 0.15) is 11.6 Å². The Morgan fingerprint density at radius 2 is 1.96 bits per heavy atom. The van der Waals surface area contributed by atoms with Crippen LogP contribution in [0.3, 0.4) is 0 Å². The van der Waals surface area contributed by atoms with Crippen LogP contribution in [0.4, 0.5) is 0 Å². The molecule has 1 aliphatic rings. The summed E-state index contributed by atoms with van der Waals surface area (Å²) in [4.78, 5) is 12.4. The van der Waals surface area contributed by atoms with Crippen LogP contribution in [0.15, 0.2) is 29.8 Å². The number of aromatic nitrogens is 1. The molecular weight excluding hydrogens is 350 g/mol. The van der Waals surface area contributed by atoms with Gasteiger partial charge in [0.05, 0.1) is 6.10 Å². The lowest BCUT2D eigenvalue weighted by Crippen LogP contribution is -2.32. The molecular formula is C23H27N3O2. The van der Waals surface area contributed by atoms with Gasteiger partial charge in [-0.2, -0.15) is 5.26 Å². The lowest BCUT2D eigenvalue weighted by Gasteiger charge is -2.12. The fraction of sp³-hybridized carbons (Fsp3) is 0.391. The average Bonchev–Trinajstić information content (AvgIpc) is 3.24. The zero-order chi connectivity index (χ0) is 20.3. The molecule has 1 aliphatic heterocycles. The molecule has 0 spiro atoms. The van der Waals surface area contributed by atoms with E-state index in [1.165, 1.54) is 11.1 Å². The molecule has 3 rings (SSSR count). The standard InChI is InChI=1S/C23H27N3O2/c1-15-8-16(2)10-21(9-15)26-17(3)11-19(18(26)4)12-20(13-24)23(27)25-14-22-6-5-7-28-22/h8-12,22H,5-7,14H2,1-4H3,(H,25,27)/b20-12+/t22-/m0/s1. The van der Waals surface area contributed by atoms with Crippen LogP contribution >= 0.6 is 0 Å².